The van der Waals surface area contributed by atoms with Gasteiger partial charge >= 0.3 is 6.11 Å². The predicted octanol–water partition coefficient (Wildman–Crippen LogP) is 6.61. The number of benzene rings is 2. The molecule has 0 saturated carbocycles. The molecule has 0 fully saturated rings. The van der Waals surface area contributed by atoms with E-state index in [2.05, 4.69) is 9.72 Å². The lowest BCUT2D eigenvalue weighted by Crippen LogP contribution is -2.25. The van der Waals surface area contributed by atoms with E-state index in [9.17, 15) is 30.7 Å². The number of aromatic nitrogens is 1. The Morgan fingerprint density at radius 1 is 0.867 bits per heavy atom. The maximum atomic E-state index is 14.4. The van der Waals surface area contributed by atoms with E-state index >= 15 is 0 Å². The van der Waals surface area contributed by atoms with Gasteiger partial charge in [0, 0.05) is 23.9 Å². The second-order valence-corrected chi connectivity index (χ2v) is 6.11. The second-order valence-electron chi connectivity index (χ2n) is 6.11. The van der Waals surface area contributed by atoms with Crippen LogP contribution in [0.4, 0.5) is 30.7 Å². The van der Waals surface area contributed by atoms with Crippen LogP contribution in [0.25, 0.3) is 17.3 Å². The first-order valence-electron chi connectivity index (χ1n) is 8.42. The SMILES string of the molecule is C/C=C/c1ccc(-c2cc(F)c(C(F)(F)Oc3cc(F)c(F)c(F)c3)c(F)c2)nc1. The van der Waals surface area contributed by atoms with Gasteiger partial charge in [0.15, 0.2) is 17.5 Å². The molecular weight excluding hydrogens is 415 g/mol. The molecule has 1 aromatic heterocycles. The number of nitrogens with zero attached hydrogens (tertiary/aromatic N) is 1. The third-order valence-corrected chi connectivity index (χ3v) is 3.98. The fourth-order valence-corrected chi connectivity index (χ4v) is 2.66. The Hall–Kier alpha value is -3.36. The van der Waals surface area contributed by atoms with Crippen molar-refractivity contribution >= 4 is 6.08 Å². The zero-order chi connectivity index (χ0) is 22.1. The van der Waals surface area contributed by atoms with Gasteiger partial charge < -0.3 is 4.74 Å². The molecule has 3 aromatic rings. The quantitative estimate of drug-likeness (QED) is 0.338. The summed E-state index contributed by atoms with van der Waals surface area (Å²) >= 11 is 0. The fraction of sp³-hybridized carbons (Fsp3) is 0.0952. The van der Waals surface area contributed by atoms with Crippen molar-refractivity contribution in [3.63, 3.8) is 0 Å². The van der Waals surface area contributed by atoms with Crippen molar-refractivity contribution in [2.24, 2.45) is 0 Å². The van der Waals surface area contributed by atoms with Gasteiger partial charge in [0.05, 0.1) is 5.69 Å². The molecule has 0 bridgehead atoms. The first-order valence-corrected chi connectivity index (χ1v) is 8.42. The van der Waals surface area contributed by atoms with Gasteiger partial charge in [-0.25, -0.2) is 22.0 Å². The highest BCUT2D eigenvalue weighted by Gasteiger charge is 2.41. The Labute approximate surface area is 166 Å². The number of hydrogen-bond acceptors (Lipinski definition) is 2. The van der Waals surface area contributed by atoms with Crippen LogP contribution in [0.15, 0.2) is 48.7 Å². The molecule has 0 aliphatic heterocycles. The van der Waals surface area contributed by atoms with Gasteiger partial charge in [0.2, 0.25) is 0 Å². The van der Waals surface area contributed by atoms with Gasteiger partial charge in [-0.05, 0) is 30.7 Å². The normalized spacial score (nSPS) is 11.9. The van der Waals surface area contributed by atoms with E-state index in [0.717, 1.165) is 5.56 Å². The third-order valence-electron chi connectivity index (χ3n) is 3.98. The summed E-state index contributed by atoms with van der Waals surface area (Å²) in [5.41, 5.74) is -1.05. The van der Waals surface area contributed by atoms with Gasteiger partial charge in [-0.1, -0.05) is 18.2 Å². The molecule has 0 atom stereocenters. The molecule has 2 aromatic carbocycles. The number of allylic oxidation sites excluding steroid dienone is 1. The van der Waals surface area contributed by atoms with Crippen LogP contribution in [-0.2, 0) is 6.11 Å². The number of ether oxygens (including phenoxy) is 1. The first kappa shape index (κ1) is 21.4. The predicted molar refractivity (Wildman–Crippen MR) is 95.1 cm³/mol. The van der Waals surface area contributed by atoms with Crippen molar-refractivity contribution in [3.05, 3.63) is 88.9 Å². The van der Waals surface area contributed by atoms with E-state index < -0.39 is 46.5 Å². The van der Waals surface area contributed by atoms with E-state index in [1.54, 1.807) is 25.1 Å². The summed E-state index contributed by atoms with van der Waals surface area (Å²) in [6.07, 6.45) is 0.271. The summed E-state index contributed by atoms with van der Waals surface area (Å²) in [5, 5.41) is 0. The Morgan fingerprint density at radius 3 is 1.97 bits per heavy atom. The molecule has 0 N–H and O–H groups in total. The van der Waals surface area contributed by atoms with Crippen LogP contribution in [-0.4, -0.2) is 4.98 Å². The molecule has 0 radical (unpaired) electrons. The Bertz CT molecular complexity index is 1060. The van der Waals surface area contributed by atoms with Crippen LogP contribution in [0.3, 0.4) is 0 Å². The molecule has 0 aliphatic carbocycles. The van der Waals surface area contributed by atoms with Gasteiger partial charge in [-0.3, -0.25) is 4.98 Å². The summed E-state index contributed by atoms with van der Waals surface area (Å²) in [6.45, 7) is 1.79. The minimum absolute atomic E-state index is 0.115. The monoisotopic (exact) mass is 427 g/mol. The molecule has 3 rings (SSSR count). The summed E-state index contributed by atoms with van der Waals surface area (Å²) < 4.78 is 101. The van der Waals surface area contributed by atoms with Crippen molar-refractivity contribution in [2.75, 3.05) is 0 Å². The number of rotatable bonds is 5. The van der Waals surface area contributed by atoms with Crippen LogP contribution in [0.5, 0.6) is 5.75 Å². The molecule has 2 nitrogen and oxygen atoms in total. The summed E-state index contributed by atoms with van der Waals surface area (Å²) in [7, 11) is 0. The maximum absolute atomic E-state index is 14.4. The summed E-state index contributed by atoms with van der Waals surface area (Å²) in [5.74, 6) is -10.00. The Balaban J connectivity index is 1.96. The second kappa shape index (κ2) is 8.17. The molecule has 0 aliphatic rings. The number of hydrogen-bond donors (Lipinski definition) is 0. The zero-order valence-corrected chi connectivity index (χ0v) is 15.2. The van der Waals surface area contributed by atoms with Crippen LogP contribution < -0.4 is 4.74 Å². The Morgan fingerprint density at radius 2 is 1.47 bits per heavy atom. The largest absolute Gasteiger partial charge is 0.432 e. The lowest BCUT2D eigenvalue weighted by atomic mass is 10.1. The molecule has 156 valence electrons. The topological polar surface area (TPSA) is 22.1 Å². The van der Waals surface area contributed by atoms with Gasteiger partial charge in [0.25, 0.3) is 0 Å². The number of alkyl halides is 2. The smallest absolute Gasteiger partial charge is 0.429 e. The van der Waals surface area contributed by atoms with Gasteiger partial charge in [0.1, 0.15) is 22.9 Å². The zero-order valence-electron chi connectivity index (χ0n) is 15.2. The molecule has 9 heteroatoms. The van der Waals surface area contributed by atoms with Crippen LogP contribution in [0, 0.1) is 29.1 Å². The average Bonchev–Trinajstić information content (AvgIpc) is 2.65. The fourth-order valence-electron chi connectivity index (χ4n) is 2.66. The molecule has 30 heavy (non-hydrogen) atoms. The van der Waals surface area contributed by atoms with Crippen molar-refractivity contribution < 1.29 is 35.5 Å². The molecule has 0 amide bonds. The molecule has 0 saturated heterocycles. The standard InChI is InChI=1S/C21H12F7NO/c1-2-3-11-4-5-18(29-10-11)12-6-14(22)19(15(23)7-12)21(27,28)30-13-8-16(24)20(26)17(25)9-13/h2-10H,1H3/b3-2+. The van der Waals surface area contributed by atoms with E-state index in [1.165, 1.54) is 12.3 Å². The highest BCUT2D eigenvalue weighted by molar-refractivity contribution is 5.62. The summed E-state index contributed by atoms with van der Waals surface area (Å²) in [4.78, 5) is 4.01. The average molecular weight is 427 g/mol. The highest BCUT2D eigenvalue weighted by atomic mass is 19.3. The van der Waals surface area contributed by atoms with Gasteiger partial charge in [-0.15, -0.1) is 0 Å². The first-order chi connectivity index (χ1) is 14.1. The summed E-state index contributed by atoms with van der Waals surface area (Å²) in [6, 6.07) is 4.57. The molecular formula is C21H12F7NO. The lowest BCUT2D eigenvalue weighted by molar-refractivity contribution is -0.189. The van der Waals surface area contributed by atoms with Crippen molar-refractivity contribution in [2.45, 2.75) is 13.0 Å². The van der Waals surface area contributed by atoms with E-state index in [4.69, 9.17) is 0 Å². The van der Waals surface area contributed by atoms with E-state index in [-0.39, 0.29) is 23.4 Å². The minimum atomic E-state index is -4.65. The van der Waals surface area contributed by atoms with Crippen molar-refractivity contribution in [1.29, 1.82) is 0 Å². The Kier molecular flexibility index (Phi) is 5.82. The maximum Gasteiger partial charge on any atom is 0.432 e. The molecule has 0 unspecified atom stereocenters. The third kappa shape index (κ3) is 4.29. The van der Waals surface area contributed by atoms with Crippen LogP contribution in [0.1, 0.15) is 18.1 Å². The van der Waals surface area contributed by atoms with E-state index in [0.29, 0.717) is 12.1 Å². The lowest BCUT2D eigenvalue weighted by Gasteiger charge is -2.20. The van der Waals surface area contributed by atoms with Crippen LogP contribution in [0.2, 0.25) is 0 Å². The van der Waals surface area contributed by atoms with Crippen LogP contribution >= 0.6 is 0 Å². The van der Waals surface area contributed by atoms with Crippen molar-refractivity contribution in [3.8, 4) is 17.0 Å². The number of halogens is 7. The molecule has 1 heterocycles. The highest BCUT2D eigenvalue weighted by Crippen LogP contribution is 2.37. The number of pyridine rings is 1. The minimum Gasteiger partial charge on any atom is -0.429 e. The van der Waals surface area contributed by atoms with Crippen molar-refractivity contribution in [1.82, 2.24) is 4.98 Å². The van der Waals surface area contributed by atoms with Gasteiger partial charge in [-0.2, -0.15) is 8.78 Å². The van der Waals surface area contributed by atoms with E-state index in [1.807, 2.05) is 0 Å². The molecule has 0 spiro atoms.